The monoisotopic (exact) mass is 342 g/mol. The Morgan fingerprint density at radius 3 is 2.62 bits per heavy atom. The summed E-state index contributed by atoms with van der Waals surface area (Å²) in [6.45, 7) is 1.74. The van der Waals surface area contributed by atoms with Gasteiger partial charge in [0.25, 0.3) is 10.0 Å². The normalized spacial score (nSPS) is 11.0. The molecule has 0 aliphatic carbocycles. The van der Waals surface area contributed by atoms with Crippen LogP contribution in [-0.4, -0.2) is 15.5 Å². The Morgan fingerprint density at radius 1 is 1.38 bits per heavy atom. The molecule has 0 saturated heterocycles. The third kappa shape index (κ3) is 3.29. The molecule has 0 spiro atoms. The number of hydrogen-bond acceptors (Lipinski definition) is 5. The molecule has 21 heavy (non-hydrogen) atoms. The lowest BCUT2D eigenvalue weighted by atomic mass is 10.2. The van der Waals surface area contributed by atoms with Crippen molar-refractivity contribution in [2.45, 2.75) is 11.1 Å². The number of thiophene rings is 1. The average Bonchev–Trinajstić information content (AvgIpc) is 2.79. The minimum absolute atomic E-state index is 0.122. The Labute approximate surface area is 131 Å². The number of nitrogens with one attached hydrogen (secondary N) is 1. The summed E-state index contributed by atoms with van der Waals surface area (Å²) in [6.07, 6.45) is 0. The first kappa shape index (κ1) is 15.6. The number of ether oxygens (including phenoxy) is 1. The fraction of sp³-hybridized carbons (Fsp3) is 0.154. The fourth-order valence-corrected chi connectivity index (χ4v) is 4.38. The number of nitrogens with zero attached hydrogens (tertiary/aromatic N) is 1. The average molecular weight is 343 g/mol. The molecule has 0 bridgehead atoms. The van der Waals surface area contributed by atoms with Gasteiger partial charge >= 0.3 is 0 Å². The van der Waals surface area contributed by atoms with Crippen molar-refractivity contribution in [2.75, 3.05) is 11.8 Å². The van der Waals surface area contributed by atoms with Gasteiger partial charge in [-0.05, 0) is 30.7 Å². The first-order chi connectivity index (χ1) is 9.87. The van der Waals surface area contributed by atoms with Crippen LogP contribution >= 0.6 is 22.9 Å². The van der Waals surface area contributed by atoms with Crippen molar-refractivity contribution < 1.29 is 13.2 Å². The van der Waals surface area contributed by atoms with Crippen molar-refractivity contribution in [3.63, 3.8) is 0 Å². The molecule has 0 radical (unpaired) electrons. The molecule has 0 fully saturated rings. The van der Waals surface area contributed by atoms with Gasteiger partial charge in [0, 0.05) is 6.07 Å². The first-order valence-corrected chi connectivity index (χ1v) is 8.42. The highest BCUT2D eigenvalue weighted by molar-refractivity contribution is 7.94. The summed E-state index contributed by atoms with van der Waals surface area (Å²) in [4.78, 5) is 0. The molecule has 1 aromatic carbocycles. The molecule has 0 unspecified atom stereocenters. The van der Waals surface area contributed by atoms with E-state index in [1.807, 2.05) is 6.07 Å². The van der Waals surface area contributed by atoms with Crippen molar-refractivity contribution in [2.24, 2.45) is 0 Å². The second-order valence-corrected chi connectivity index (χ2v) is 7.72. The number of rotatable bonds is 4. The SMILES string of the molecule is COc1cc(C#N)ccc1NS(=O)(=O)c1cc(C)c(Cl)s1. The van der Waals surface area contributed by atoms with Gasteiger partial charge < -0.3 is 4.74 Å². The van der Waals surface area contributed by atoms with Crippen molar-refractivity contribution in [3.8, 4) is 11.8 Å². The lowest BCUT2D eigenvalue weighted by Gasteiger charge is -2.10. The molecular formula is C13H11ClN2O3S2. The highest BCUT2D eigenvalue weighted by Crippen LogP contribution is 2.33. The Balaban J connectivity index is 2.39. The number of sulfonamides is 1. The van der Waals surface area contributed by atoms with Crippen LogP contribution in [0.1, 0.15) is 11.1 Å². The van der Waals surface area contributed by atoms with Gasteiger partial charge in [-0.1, -0.05) is 11.6 Å². The zero-order chi connectivity index (χ0) is 15.6. The maximum Gasteiger partial charge on any atom is 0.271 e. The van der Waals surface area contributed by atoms with Crippen molar-refractivity contribution in [1.29, 1.82) is 5.26 Å². The molecule has 1 heterocycles. The molecule has 1 aromatic heterocycles. The van der Waals surface area contributed by atoms with E-state index in [-0.39, 0.29) is 15.6 Å². The summed E-state index contributed by atoms with van der Waals surface area (Å²) in [5.41, 5.74) is 1.34. The summed E-state index contributed by atoms with van der Waals surface area (Å²) in [7, 11) is -2.34. The number of aryl methyl sites for hydroxylation is 1. The molecule has 110 valence electrons. The third-order valence-corrected chi connectivity index (χ3v) is 6.07. The Hall–Kier alpha value is -1.75. The van der Waals surface area contributed by atoms with Gasteiger partial charge in [0.1, 0.15) is 9.96 Å². The van der Waals surface area contributed by atoms with Crippen LogP contribution in [0.3, 0.4) is 0 Å². The van der Waals surface area contributed by atoms with Crippen LogP contribution in [0.4, 0.5) is 5.69 Å². The van der Waals surface area contributed by atoms with Crippen LogP contribution < -0.4 is 9.46 Å². The Bertz CT molecular complexity index is 803. The third-order valence-electron chi connectivity index (χ3n) is 2.67. The number of nitriles is 1. The van der Waals surface area contributed by atoms with E-state index < -0.39 is 10.0 Å². The topological polar surface area (TPSA) is 79.2 Å². The molecular weight excluding hydrogens is 332 g/mol. The van der Waals surface area contributed by atoms with Crippen molar-refractivity contribution in [1.82, 2.24) is 0 Å². The second-order valence-electron chi connectivity index (χ2n) is 4.15. The van der Waals surface area contributed by atoms with E-state index >= 15 is 0 Å². The van der Waals surface area contributed by atoms with Crippen LogP contribution in [0.5, 0.6) is 5.75 Å². The van der Waals surface area contributed by atoms with Gasteiger partial charge in [0.15, 0.2) is 0 Å². The number of anilines is 1. The van der Waals surface area contributed by atoms with E-state index in [9.17, 15) is 8.42 Å². The van der Waals surface area contributed by atoms with Crippen LogP contribution in [-0.2, 0) is 10.0 Å². The van der Waals surface area contributed by atoms with E-state index in [4.69, 9.17) is 21.6 Å². The lowest BCUT2D eigenvalue weighted by Crippen LogP contribution is -2.12. The highest BCUT2D eigenvalue weighted by Gasteiger charge is 2.20. The summed E-state index contributed by atoms with van der Waals surface area (Å²) in [5, 5.41) is 8.84. The van der Waals surface area contributed by atoms with Crippen LogP contribution in [0.15, 0.2) is 28.5 Å². The summed E-state index contributed by atoms with van der Waals surface area (Å²) < 4.78 is 32.7. The highest BCUT2D eigenvalue weighted by atomic mass is 35.5. The van der Waals surface area contributed by atoms with Crippen molar-refractivity contribution in [3.05, 3.63) is 39.7 Å². The van der Waals surface area contributed by atoms with E-state index in [1.165, 1.54) is 31.4 Å². The molecule has 0 atom stereocenters. The van der Waals surface area contributed by atoms with Gasteiger partial charge in [0.05, 0.1) is 28.8 Å². The predicted molar refractivity (Wildman–Crippen MR) is 82.6 cm³/mol. The largest absolute Gasteiger partial charge is 0.495 e. The van der Waals surface area contributed by atoms with Gasteiger partial charge in [-0.15, -0.1) is 11.3 Å². The number of halogens is 1. The van der Waals surface area contributed by atoms with Crippen molar-refractivity contribution >= 4 is 38.6 Å². The Morgan fingerprint density at radius 2 is 2.10 bits per heavy atom. The van der Waals surface area contributed by atoms with Gasteiger partial charge in [-0.3, -0.25) is 4.72 Å². The van der Waals surface area contributed by atoms with Crippen LogP contribution in [0.25, 0.3) is 0 Å². The maximum absolute atomic E-state index is 12.3. The molecule has 5 nitrogen and oxygen atoms in total. The Kier molecular flexibility index (Phi) is 4.42. The number of methoxy groups -OCH3 is 1. The lowest BCUT2D eigenvalue weighted by molar-refractivity contribution is 0.416. The fourth-order valence-electron chi connectivity index (χ4n) is 1.60. The van der Waals surface area contributed by atoms with Gasteiger partial charge in [-0.2, -0.15) is 5.26 Å². The summed E-state index contributed by atoms with van der Waals surface area (Å²) in [5.74, 6) is 0.275. The number of benzene rings is 1. The smallest absolute Gasteiger partial charge is 0.271 e. The molecule has 8 heteroatoms. The molecule has 0 aliphatic rings. The second kappa shape index (κ2) is 5.93. The van der Waals surface area contributed by atoms with E-state index in [2.05, 4.69) is 4.72 Å². The minimum Gasteiger partial charge on any atom is -0.495 e. The number of hydrogen-bond donors (Lipinski definition) is 1. The van der Waals surface area contributed by atoms with Crippen LogP contribution in [0, 0.1) is 18.3 Å². The molecule has 2 aromatic rings. The molecule has 1 N–H and O–H groups in total. The predicted octanol–water partition coefficient (Wildman–Crippen LogP) is 3.39. The van der Waals surface area contributed by atoms with Gasteiger partial charge in [0.2, 0.25) is 0 Å². The van der Waals surface area contributed by atoms with Crippen LogP contribution in [0.2, 0.25) is 4.34 Å². The zero-order valence-corrected chi connectivity index (χ0v) is 13.6. The molecule has 2 rings (SSSR count). The van der Waals surface area contributed by atoms with E-state index in [1.54, 1.807) is 6.92 Å². The van der Waals surface area contributed by atoms with Gasteiger partial charge in [-0.25, -0.2) is 8.42 Å². The van der Waals surface area contributed by atoms with E-state index in [0.29, 0.717) is 15.5 Å². The maximum atomic E-state index is 12.3. The standard InChI is InChI=1S/C13H11ClN2O3S2/c1-8-5-12(20-13(8)14)21(17,18)16-10-4-3-9(7-15)6-11(10)19-2/h3-6,16H,1-2H3. The summed E-state index contributed by atoms with van der Waals surface area (Å²) >= 11 is 6.89. The minimum atomic E-state index is -3.75. The molecule has 0 aliphatic heterocycles. The molecule has 0 saturated carbocycles. The first-order valence-electron chi connectivity index (χ1n) is 5.74. The summed E-state index contributed by atoms with van der Waals surface area (Å²) in [6, 6.07) is 7.92. The zero-order valence-electron chi connectivity index (χ0n) is 11.2. The molecule has 0 amide bonds. The van der Waals surface area contributed by atoms with E-state index in [0.717, 1.165) is 11.3 Å². The quantitative estimate of drug-likeness (QED) is 0.923.